The second-order valence-electron chi connectivity index (χ2n) is 6.19. The van der Waals surface area contributed by atoms with E-state index in [-0.39, 0.29) is 11.6 Å². The average molecular weight is 393 g/mol. The number of carbonyl (C=O) groups excluding carboxylic acids is 1. The van der Waals surface area contributed by atoms with Gasteiger partial charge in [-0.15, -0.1) is 11.3 Å². The van der Waals surface area contributed by atoms with Crippen LogP contribution < -0.4 is 5.32 Å². The molecule has 0 saturated heterocycles. The summed E-state index contributed by atoms with van der Waals surface area (Å²) in [5.74, 6) is -0.369. The van der Waals surface area contributed by atoms with E-state index in [1.165, 1.54) is 18.2 Å². The quantitative estimate of drug-likeness (QED) is 0.408. The summed E-state index contributed by atoms with van der Waals surface area (Å²) < 4.78 is 1.76. The van der Waals surface area contributed by atoms with E-state index in [2.05, 4.69) is 15.4 Å². The Morgan fingerprint density at radius 1 is 1.29 bits per heavy atom. The molecule has 8 nitrogen and oxygen atoms in total. The van der Waals surface area contributed by atoms with Crippen LogP contribution in [0.25, 0.3) is 11.0 Å². The number of nitrogens with zero attached hydrogens (tertiary/aromatic N) is 4. The maximum Gasteiger partial charge on any atom is 0.271 e. The van der Waals surface area contributed by atoms with Gasteiger partial charge in [-0.2, -0.15) is 5.10 Å². The Hall–Kier alpha value is -3.59. The van der Waals surface area contributed by atoms with Crippen molar-refractivity contribution >= 4 is 39.7 Å². The van der Waals surface area contributed by atoms with Gasteiger partial charge < -0.3 is 5.32 Å². The van der Waals surface area contributed by atoms with Crippen molar-refractivity contribution in [1.29, 1.82) is 0 Å². The van der Waals surface area contributed by atoms with Crippen LogP contribution in [0.4, 0.5) is 11.4 Å². The number of nitrogens with one attached hydrogen (secondary N) is 1. The van der Waals surface area contributed by atoms with Crippen LogP contribution in [0.5, 0.6) is 0 Å². The van der Waals surface area contributed by atoms with Crippen LogP contribution in [-0.4, -0.2) is 25.6 Å². The Bertz CT molecular complexity index is 1180. The van der Waals surface area contributed by atoms with E-state index in [1.807, 2.05) is 24.4 Å². The van der Waals surface area contributed by atoms with Crippen LogP contribution in [0.1, 0.15) is 20.9 Å². The minimum atomic E-state index is -0.501. The van der Waals surface area contributed by atoms with Crippen molar-refractivity contribution < 1.29 is 9.72 Å². The molecule has 3 heterocycles. The largest absolute Gasteiger partial charge is 0.322 e. The number of amides is 1. The molecular weight excluding hydrogens is 378 g/mol. The first kappa shape index (κ1) is 17.8. The molecular formula is C19H15N5O3S. The molecule has 0 bridgehead atoms. The van der Waals surface area contributed by atoms with Crippen LogP contribution >= 0.6 is 11.3 Å². The van der Waals surface area contributed by atoms with Gasteiger partial charge in [0, 0.05) is 28.4 Å². The minimum absolute atomic E-state index is 0.0855. The van der Waals surface area contributed by atoms with E-state index < -0.39 is 4.92 Å². The summed E-state index contributed by atoms with van der Waals surface area (Å²) in [6.45, 7) is 2.38. The molecule has 1 amide bonds. The Balaban J connectivity index is 1.68. The molecule has 3 aromatic heterocycles. The normalized spacial score (nSPS) is 10.9. The van der Waals surface area contributed by atoms with Crippen LogP contribution in [0, 0.1) is 17.0 Å². The third-order valence-corrected chi connectivity index (χ3v) is 5.04. The van der Waals surface area contributed by atoms with Crippen molar-refractivity contribution in [3.05, 3.63) is 80.3 Å². The summed E-state index contributed by atoms with van der Waals surface area (Å²) >= 11 is 1.63. The smallest absolute Gasteiger partial charge is 0.271 e. The molecule has 0 fully saturated rings. The highest BCUT2D eigenvalue weighted by atomic mass is 32.1. The van der Waals surface area contributed by atoms with Gasteiger partial charge in [-0.3, -0.25) is 14.9 Å². The Labute approximate surface area is 163 Å². The molecule has 0 aliphatic rings. The van der Waals surface area contributed by atoms with E-state index in [4.69, 9.17) is 0 Å². The number of nitro benzene ring substituents is 1. The molecule has 0 spiro atoms. The van der Waals surface area contributed by atoms with Gasteiger partial charge in [0.2, 0.25) is 0 Å². The first-order valence-electron chi connectivity index (χ1n) is 8.42. The van der Waals surface area contributed by atoms with Crippen LogP contribution in [0.2, 0.25) is 0 Å². The number of pyridine rings is 1. The second kappa shape index (κ2) is 7.20. The molecule has 0 unspecified atom stereocenters. The van der Waals surface area contributed by atoms with Crippen molar-refractivity contribution in [2.75, 3.05) is 5.32 Å². The highest BCUT2D eigenvalue weighted by Gasteiger charge is 2.17. The van der Waals surface area contributed by atoms with E-state index in [9.17, 15) is 14.9 Å². The molecule has 4 aromatic rings. The fourth-order valence-corrected chi connectivity index (χ4v) is 3.61. The lowest BCUT2D eigenvalue weighted by Gasteiger charge is -2.08. The van der Waals surface area contributed by atoms with E-state index in [1.54, 1.807) is 34.3 Å². The van der Waals surface area contributed by atoms with Gasteiger partial charge in [-0.25, -0.2) is 9.67 Å². The Morgan fingerprint density at radius 3 is 2.89 bits per heavy atom. The fraction of sp³-hybridized carbons (Fsp3) is 0.105. The number of hydrogen-bond acceptors (Lipinski definition) is 6. The third-order valence-electron chi connectivity index (χ3n) is 4.18. The molecule has 1 N–H and O–H groups in total. The molecule has 1 aromatic carbocycles. The number of nitro groups is 1. The summed E-state index contributed by atoms with van der Waals surface area (Å²) in [5.41, 5.74) is 2.00. The van der Waals surface area contributed by atoms with E-state index >= 15 is 0 Å². The Morgan fingerprint density at radius 2 is 2.14 bits per heavy atom. The SMILES string of the molecule is Cc1cc(C(=O)Nc2cccc([N+](=O)[O-])c2)c2cnn(Cc3cccs3)c2n1. The van der Waals surface area contributed by atoms with Gasteiger partial charge in [-0.1, -0.05) is 12.1 Å². The van der Waals surface area contributed by atoms with Crippen molar-refractivity contribution in [1.82, 2.24) is 14.8 Å². The Kier molecular flexibility index (Phi) is 4.58. The summed E-state index contributed by atoms with van der Waals surface area (Å²) in [6, 6.07) is 11.5. The summed E-state index contributed by atoms with van der Waals surface area (Å²) in [5, 5.41) is 20.7. The highest BCUT2D eigenvalue weighted by molar-refractivity contribution is 7.09. The molecule has 0 atom stereocenters. The molecule has 140 valence electrons. The lowest BCUT2D eigenvalue weighted by atomic mass is 10.1. The fourth-order valence-electron chi connectivity index (χ4n) is 2.92. The predicted octanol–water partition coefficient (Wildman–Crippen LogP) is 4.01. The van der Waals surface area contributed by atoms with Crippen molar-refractivity contribution in [3.63, 3.8) is 0 Å². The number of anilines is 1. The first-order chi connectivity index (χ1) is 13.5. The second-order valence-corrected chi connectivity index (χ2v) is 7.22. The number of carbonyl (C=O) groups is 1. The van der Waals surface area contributed by atoms with Gasteiger partial charge in [0.05, 0.1) is 28.6 Å². The topological polar surface area (TPSA) is 103 Å². The molecule has 0 saturated carbocycles. The van der Waals surface area contributed by atoms with Gasteiger partial charge in [-0.05, 0) is 30.5 Å². The number of fused-ring (bicyclic) bond motifs is 1. The number of aromatic nitrogens is 3. The predicted molar refractivity (Wildman–Crippen MR) is 107 cm³/mol. The lowest BCUT2D eigenvalue weighted by molar-refractivity contribution is -0.384. The zero-order valence-electron chi connectivity index (χ0n) is 14.8. The monoisotopic (exact) mass is 393 g/mol. The third kappa shape index (κ3) is 3.47. The summed E-state index contributed by atoms with van der Waals surface area (Å²) in [7, 11) is 0. The van der Waals surface area contributed by atoms with Gasteiger partial charge in [0.15, 0.2) is 5.65 Å². The average Bonchev–Trinajstić information content (AvgIpc) is 3.32. The van der Waals surface area contributed by atoms with Gasteiger partial charge in [0.25, 0.3) is 11.6 Å². The number of rotatable bonds is 5. The zero-order chi connectivity index (χ0) is 19.7. The van der Waals surface area contributed by atoms with Crippen molar-refractivity contribution in [2.24, 2.45) is 0 Å². The van der Waals surface area contributed by atoms with Crippen molar-refractivity contribution in [3.8, 4) is 0 Å². The molecule has 9 heteroatoms. The van der Waals surface area contributed by atoms with E-state index in [0.29, 0.717) is 34.5 Å². The number of hydrogen-bond donors (Lipinski definition) is 1. The lowest BCUT2D eigenvalue weighted by Crippen LogP contribution is -2.13. The summed E-state index contributed by atoms with van der Waals surface area (Å²) in [6.07, 6.45) is 1.62. The highest BCUT2D eigenvalue weighted by Crippen LogP contribution is 2.23. The van der Waals surface area contributed by atoms with Crippen LogP contribution in [-0.2, 0) is 6.54 Å². The number of benzene rings is 1. The molecule has 0 aliphatic heterocycles. The van der Waals surface area contributed by atoms with Gasteiger partial charge >= 0.3 is 0 Å². The molecule has 4 rings (SSSR count). The number of aryl methyl sites for hydroxylation is 1. The summed E-state index contributed by atoms with van der Waals surface area (Å²) in [4.78, 5) is 29.0. The number of thiophene rings is 1. The molecule has 28 heavy (non-hydrogen) atoms. The van der Waals surface area contributed by atoms with Gasteiger partial charge in [0.1, 0.15) is 0 Å². The maximum atomic E-state index is 12.8. The first-order valence-corrected chi connectivity index (χ1v) is 9.30. The maximum absolute atomic E-state index is 12.8. The minimum Gasteiger partial charge on any atom is -0.322 e. The van der Waals surface area contributed by atoms with Crippen molar-refractivity contribution in [2.45, 2.75) is 13.5 Å². The standard InChI is InChI=1S/C19H15N5O3S/c1-12-8-16(19(25)22-13-4-2-5-14(9-13)24(26)27)17-10-20-23(18(17)21-12)11-15-6-3-7-28-15/h2-10H,11H2,1H3,(H,22,25). The molecule has 0 aliphatic carbocycles. The van der Waals surface area contributed by atoms with Crippen LogP contribution in [0.15, 0.2) is 54.0 Å². The van der Waals surface area contributed by atoms with E-state index in [0.717, 1.165) is 4.88 Å². The molecule has 0 radical (unpaired) electrons. The zero-order valence-corrected chi connectivity index (χ0v) is 15.6. The van der Waals surface area contributed by atoms with Crippen LogP contribution in [0.3, 0.4) is 0 Å². The number of non-ortho nitro benzene ring substituents is 1.